The topological polar surface area (TPSA) is 119 Å². The predicted molar refractivity (Wildman–Crippen MR) is 69.4 cm³/mol. The summed E-state index contributed by atoms with van der Waals surface area (Å²) in [6.45, 7) is 1.57. The van der Waals surface area contributed by atoms with E-state index in [0.717, 1.165) is 6.42 Å². The van der Waals surface area contributed by atoms with Crippen molar-refractivity contribution in [2.75, 3.05) is 13.1 Å². The van der Waals surface area contributed by atoms with Gasteiger partial charge in [-0.2, -0.15) is 0 Å². The number of aryl methyl sites for hydroxylation is 1. The summed E-state index contributed by atoms with van der Waals surface area (Å²) >= 11 is 0. The highest BCUT2D eigenvalue weighted by molar-refractivity contribution is 5.76. The van der Waals surface area contributed by atoms with Crippen LogP contribution in [0, 0.1) is 0 Å². The first-order chi connectivity index (χ1) is 9.22. The van der Waals surface area contributed by atoms with Crippen LogP contribution in [0.25, 0.3) is 11.2 Å². The van der Waals surface area contributed by atoms with Gasteiger partial charge in [-0.25, -0.2) is 9.97 Å². The third-order valence-electron chi connectivity index (χ3n) is 2.69. The van der Waals surface area contributed by atoms with Gasteiger partial charge in [-0.05, 0) is 13.0 Å². The summed E-state index contributed by atoms with van der Waals surface area (Å²) in [5.74, 6) is -0.0554. The smallest absolute Gasteiger partial charge is 0.278 e. The van der Waals surface area contributed by atoms with Crippen LogP contribution in [0.4, 0.5) is 0 Å². The van der Waals surface area contributed by atoms with Crippen LogP contribution >= 0.6 is 0 Å². The Kier molecular flexibility index (Phi) is 4.24. The Morgan fingerprint density at radius 1 is 1.47 bits per heavy atom. The molecule has 102 valence electrons. The molecule has 8 heteroatoms. The molecule has 0 bridgehead atoms. The third-order valence-corrected chi connectivity index (χ3v) is 2.69. The zero-order valence-corrected chi connectivity index (χ0v) is 10.4. The lowest BCUT2D eigenvalue weighted by molar-refractivity contribution is -0.121. The first kappa shape index (κ1) is 13.2. The van der Waals surface area contributed by atoms with Crippen LogP contribution in [0.15, 0.2) is 17.4 Å². The molecule has 0 radical (unpaired) electrons. The van der Waals surface area contributed by atoms with Crippen molar-refractivity contribution in [1.29, 1.82) is 0 Å². The summed E-state index contributed by atoms with van der Waals surface area (Å²) in [6.07, 6.45) is 3.91. The highest BCUT2D eigenvalue weighted by Crippen LogP contribution is 2.04. The van der Waals surface area contributed by atoms with E-state index in [4.69, 9.17) is 5.73 Å². The Labute approximate surface area is 109 Å². The maximum absolute atomic E-state index is 11.5. The van der Waals surface area contributed by atoms with Crippen LogP contribution in [-0.4, -0.2) is 38.5 Å². The van der Waals surface area contributed by atoms with E-state index >= 15 is 0 Å². The number of carbonyl (C=O) groups excluding carboxylic acids is 1. The molecular weight excluding hydrogens is 248 g/mol. The van der Waals surface area contributed by atoms with Gasteiger partial charge in [0.15, 0.2) is 11.2 Å². The van der Waals surface area contributed by atoms with E-state index in [0.29, 0.717) is 31.7 Å². The summed E-state index contributed by atoms with van der Waals surface area (Å²) in [7, 11) is 0. The van der Waals surface area contributed by atoms with Crippen LogP contribution in [0.1, 0.15) is 12.8 Å². The second-order valence-electron chi connectivity index (χ2n) is 4.08. The number of carbonyl (C=O) groups is 1. The summed E-state index contributed by atoms with van der Waals surface area (Å²) in [5.41, 5.74) is 5.82. The van der Waals surface area contributed by atoms with Crippen molar-refractivity contribution in [3.8, 4) is 0 Å². The molecule has 0 fully saturated rings. The normalized spacial score (nSPS) is 10.8. The molecule has 2 aromatic rings. The van der Waals surface area contributed by atoms with Crippen molar-refractivity contribution in [2.45, 2.75) is 19.4 Å². The number of aromatic nitrogens is 4. The molecule has 0 aromatic carbocycles. The molecule has 0 aliphatic heterocycles. The number of nitrogens with zero attached hydrogens (tertiary/aromatic N) is 3. The van der Waals surface area contributed by atoms with Crippen LogP contribution in [0.2, 0.25) is 0 Å². The molecule has 0 atom stereocenters. The van der Waals surface area contributed by atoms with Crippen LogP contribution in [0.3, 0.4) is 0 Å². The highest BCUT2D eigenvalue weighted by Gasteiger charge is 2.08. The van der Waals surface area contributed by atoms with Crippen LogP contribution in [-0.2, 0) is 11.3 Å². The molecule has 1 amide bonds. The lowest BCUT2D eigenvalue weighted by atomic mass is 10.3. The summed E-state index contributed by atoms with van der Waals surface area (Å²) in [4.78, 5) is 33.5. The van der Waals surface area contributed by atoms with Gasteiger partial charge in [0.2, 0.25) is 5.91 Å². The van der Waals surface area contributed by atoms with Gasteiger partial charge in [0.1, 0.15) is 0 Å². The number of hydrogen-bond donors (Lipinski definition) is 3. The Balaban J connectivity index is 1.97. The van der Waals surface area contributed by atoms with E-state index in [1.54, 1.807) is 4.57 Å². The Morgan fingerprint density at radius 2 is 2.32 bits per heavy atom. The third kappa shape index (κ3) is 3.16. The first-order valence-corrected chi connectivity index (χ1v) is 6.07. The maximum Gasteiger partial charge on any atom is 0.278 e. The van der Waals surface area contributed by atoms with Gasteiger partial charge < -0.3 is 20.6 Å². The van der Waals surface area contributed by atoms with Crippen LogP contribution in [0.5, 0.6) is 0 Å². The monoisotopic (exact) mass is 264 g/mol. The van der Waals surface area contributed by atoms with Crippen molar-refractivity contribution in [3.63, 3.8) is 0 Å². The van der Waals surface area contributed by atoms with Gasteiger partial charge in [-0.1, -0.05) is 0 Å². The zero-order chi connectivity index (χ0) is 13.7. The minimum absolute atomic E-state index is 0.0554. The molecule has 0 saturated carbocycles. The van der Waals surface area contributed by atoms with Crippen molar-refractivity contribution >= 4 is 17.1 Å². The predicted octanol–water partition coefficient (Wildman–Crippen LogP) is -1.03. The Bertz CT molecular complexity index is 617. The second kappa shape index (κ2) is 6.10. The zero-order valence-electron chi connectivity index (χ0n) is 10.4. The fourth-order valence-electron chi connectivity index (χ4n) is 1.70. The molecule has 0 saturated heterocycles. The lowest BCUT2D eigenvalue weighted by Crippen LogP contribution is -2.26. The average molecular weight is 264 g/mol. The molecule has 4 N–H and O–H groups in total. The molecular formula is C11H16N6O2. The van der Waals surface area contributed by atoms with E-state index in [2.05, 4.69) is 20.3 Å². The highest BCUT2D eigenvalue weighted by atomic mass is 16.1. The van der Waals surface area contributed by atoms with Gasteiger partial charge in [0.05, 0.1) is 12.7 Å². The molecule has 0 spiro atoms. The number of rotatable bonds is 6. The molecule has 0 aliphatic carbocycles. The summed E-state index contributed by atoms with van der Waals surface area (Å²) < 4.78 is 1.69. The lowest BCUT2D eigenvalue weighted by Gasteiger charge is -2.05. The summed E-state index contributed by atoms with van der Waals surface area (Å²) in [6, 6.07) is 0. The minimum Gasteiger partial charge on any atom is -0.356 e. The number of fused-ring (bicyclic) bond motifs is 1. The van der Waals surface area contributed by atoms with Gasteiger partial charge in [-0.15, -0.1) is 0 Å². The Hall–Kier alpha value is -2.22. The van der Waals surface area contributed by atoms with Crippen molar-refractivity contribution in [3.05, 3.63) is 23.0 Å². The van der Waals surface area contributed by atoms with Gasteiger partial charge in [0, 0.05) is 19.5 Å². The molecule has 2 rings (SSSR count). The average Bonchev–Trinajstić information content (AvgIpc) is 2.81. The first-order valence-electron chi connectivity index (χ1n) is 6.07. The number of H-pyrrole nitrogens is 1. The summed E-state index contributed by atoms with van der Waals surface area (Å²) in [5, 5.41) is 2.76. The number of nitrogens with two attached hydrogens (primary N) is 1. The standard InChI is InChI=1S/C11H16N6O2/c12-3-1-4-13-8(18)2-5-17-7-16-9-10(17)14-6-15-11(9)19/h6-7H,1-5,12H2,(H,13,18)(H,14,15,19). The number of nitrogens with one attached hydrogen (secondary N) is 2. The SMILES string of the molecule is NCCCNC(=O)CCn1cnc2c(=O)[nH]cnc21. The van der Waals surface area contributed by atoms with E-state index in [1.807, 2.05) is 0 Å². The maximum atomic E-state index is 11.5. The van der Waals surface area contributed by atoms with Gasteiger partial charge in [-0.3, -0.25) is 9.59 Å². The van der Waals surface area contributed by atoms with E-state index in [9.17, 15) is 9.59 Å². The van der Waals surface area contributed by atoms with E-state index < -0.39 is 0 Å². The molecule has 0 unspecified atom stereocenters. The molecule has 19 heavy (non-hydrogen) atoms. The molecule has 8 nitrogen and oxygen atoms in total. The largest absolute Gasteiger partial charge is 0.356 e. The van der Waals surface area contributed by atoms with Crippen molar-refractivity contribution in [1.82, 2.24) is 24.8 Å². The van der Waals surface area contributed by atoms with Gasteiger partial charge >= 0.3 is 0 Å². The second-order valence-corrected chi connectivity index (χ2v) is 4.08. The van der Waals surface area contributed by atoms with Crippen molar-refractivity contribution < 1.29 is 4.79 Å². The quantitative estimate of drug-likeness (QED) is 0.577. The Morgan fingerprint density at radius 3 is 3.11 bits per heavy atom. The number of amides is 1. The fourth-order valence-corrected chi connectivity index (χ4v) is 1.70. The fraction of sp³-hybridized carbons (Fsp3) is 0.455. The van der Waals surface area contributed by atoms with Gasteiger partial charge in [0.25, 0.3) is 5.56 Å². The molecule has 2 aromatic heterocycles. The minimum atomic E-state index is -0.281. The number of hydrogen-bond acceptors (Lipinski definition) is 5. The molecule has 0 aliphatic rings. The number of imidazole rings is 1. The number of aromatic amines is 1. The van der Waals surface area contributed by atoms with E-state index in [-0.39, 0.29) is 17.0 Å². The van der Waals surface area contributed by atoms with E-state index in [1.165, 1.54) is 12.7 Å². The van der Waals surface area contributed by atoms with Crippen molar-refractivity contribution in [2.24, 2.45) is 5.73 Å². The molecule has 2 heterocycles. The van der Waals surface area contributed by atoms with Crippen LogP contribution < -0.4 is 16.6 Å².